The van der Waals surface area contributed by atoms with Crippen LogP contribution in [-0.2, 0) is 13.2 Å². The molecule has 0 aliphatic rings. The van der Waals surface area contributed by atoms with E-state index in [-0.39, 0.29) is 5.69 Å². The molecule has 0 atom stereocenters. The average molecular weight is 307 g/mol. The topological polar surface area (TPSA) is 69.6 Å². The summed E-state index contributed by atoms with van der Waals surface area (Å²) in [5.74, 6) is -0.628. The van der Waals surface area contributed by atoms with Crippen LogP contribution in [0.25, 0.3) is 22.2 Å². The van der Waals surface area contributed by atoms with Gasteiger partial charge in [0.15, 0.2) is 5.82 Å². The van der Waals surface area contributed by atoms with Gasteiger partial charge in [0.2, 0.25) is 0 Å². The second-order valence-electron chi connectivity index (χ2n) is 5.00. The van der Waals surface area contributed by atoms with Gasteiger partial charge in [-0.3, -0.25) is 4.68 Å². The van der Waals surface area contributed by atoms with Crippen LogP contribution in [0.15, 0.2) is 24.4 Å². The molecule has 0 bridgehead atoms. The maximum Gasteiger partial charge on any atom is 0.420 e. The van der Waals surface area contributed by atoms with E-state index >= 15 is 0 Å². The number of benzene rings is 1. The Morgan fingerprint density at radius 3 is 2.59 bits per heavy atom. The molecular weight excluding hydrogens is 295 g/mol. The fraction of sp³-hybridized carbons (Fsp3) is 0.214. The molecule has 114 valence electrons. The molecule has 22 heavy (non-hydrogen) atoms. The van der Waals surface area contributed by atoms with Gasteiger partial charge in [0.1, 0.15) is 5.56 Å². The lowest BCUT2D eigenvalue weighted by molar-refractivity contribution is -0.137. The van der Waals surface area contributed by atoms with E-state index in [1.165, 1.54) is 0 Å². The van der Waals surface area contributed by atoms with E-state index in [1.807, 2.05) is 13.1 Å². The Labute approximate surface area is 123 Å². The van der Waals surface area contributed by atoms with E-state index in [4.69, 9.17) is 5.73 Å². The Bertz CT molecular complexity index is 867. The molecule has 3 aromatic rings. The highest BCUT2D eigenvalue weighted by Gasteiger charge is 2.34. The molecule has 3 rings (SSSR count). The first-order valence-electron chi connectivity index (χ1n) is 6.41. The van der Waals surface area contributed by atoms with Gasteiger partial charge in [0.05, 0.1) is 11.2 Å². The monoisotopic (exact) mass is 307 g/mol. The van der Waals surface area contributed by atoms with Crippen molar-refractivity contribution in [3.05, 3.63) is 35.5 Å². The van der Waals surface area contributed by atoms with Crippen LogP contribution in [0.3, 0.4) is 0 Å². The summed E-state index contributed by atoms with van der Waals surface area (Å²) < 4.78 is 40.5. The van der Waals surface area contributed by atoms with Gasteiger partial charge >= 0.3 is 6.18 Å². The Balaban J connectivity index is 2.21. The predicted octanol–water partition coefficient (Wildman–Crippen LogP) is 2.94. The van der Waals surface area contributed by atoms with Crippen molar-refractivity contribution in [2.75, 3.05) is 5.73 Å². The van der Waals surface area contributed by atoms with Crippen LogP contribution in [0.1, 0.15) is 11.1 Å². The van der Waals surface area contributed by atoms with Gasteiger partial charge < -0.3 is 5.73 Å². The molecule has 2 aromatic heterocycles. The first-order valence-corrected chi connectivity index (χ1v) is 6.41. The minimum atomic E-state index is -4.57. The van der Waals surface area contributed by atoms with Crippen molar-refractivity contribution in [1.82, 2.24) is 20.0 Å². The van der Waals surface area contributed by atoms with Gasteiger partial charge in [0.25, 0.3) is 0 Å². The second-order valence-corrected chi connectivity index (χ2v) is 5.00. The largest absolute Gasteiger partial charge is 0.420 e. The molecular formula is C14H12F3N5. The van der Waals surface area contributed by atoms with Crippen molar-refractivity contribution in [1.29, 1.82) is 0 Å². The second kappa shape index (κ2) is 4.69. The summed E-state index contributed by atoms with van der Waals surface area (Å²) in [4.78, 5) is 0. The fourth-order valence-corrected chi connectivity index (χ4v) is 2.39. The van der Waals surface area contributed by atoms with E-state index < -0.39 is 17.6 Å². The van der Waals surface area contributed by atoms with Crippen LogP contribution in [0.2, 0.25) is 0 Å². The van der Waals surface area contributed by atoms with Crippen molar-refractivity contribution < 1.29 is 13.2 Å². The minimum absolute atomic E-state index is 0.129. The fourth-order valence-electron chi connectivity index (χ4n) is 2.39. The van der Waals surface area contributed by atoms with E-state index in [1.54, 1.807) is 23.9 Å². The summed E-state index contributed by atoms with van der Waals surface area (Å²) in [6.45, 7) is 1.81. The molecule has 0 unspecified atom stereocenters. The van der Waals surface area contributed by atoms with Crippen molar-refractivity contribution >= 4 is 16.7 Å². The number of nitrogens with zero attached hydrogens (tertiary/aromatic N) is 4. The van der Waals surface area contributed by atoms with Crippen LogP contribution in [0.4, 0.5) is 19.0 Å². The number of nitrogens with two attached hydrogens (primary N) is 1. The van der Waals surface area contributed by atoms with E-state index in [0.717, 1.165) is 22.5 Å². The first kappa shape index (κ1) is 14.3. The van der Waals surface area contributed by atoms with Crippen molar-refractivity contribution in [3.63, 3.8) is 0 Å². The highest BCUT2D eigenvalue weighted by molar-refractivity contribution is 5.88. The van der Waals surface area contributed by atoms with Crippen LogP contribution < -0.4 is 5.73 Å². The smallest absolute Gasteiger partial charge is 0.382 e. The molecule has 1 aromatic carbocycles. The SMILES string of the molecule is Cc1c(-c2cc(C(F)(F)F)c(N)nn2)ccc2nn(C)cc12. The predicted molar refractivity (Wildman–Crippen MR) is 75.9 cm³/mol. The molecule has 2 heterocycles. The number of hydrogen-bond acceptors (Lipinski definition) is 4. The number of nitrogen functional groups attached to an aromatic ring is 1. The molecule has 0 spiro atoms. The van der Waals surface area contributed by atoms with Gasteiger partial charge in [0, 0.05) is 24.2 Å². The van der Waals surface area contributed by atoms with E-state index in [0.29, 0.717) is 5.56 Å². The number of anilines is 1. The van der Waals surface area contributed by atoms with Crippen LogP contribution >= 0.6 is 0 Å². The highest BCUT2D eigenvalue weighted by atomic mass is 19.4. The lowest BCUT2D eigenvalue weighted by Crippen LogP contribution is -2.12. The Morgan fingerprint density at radius 2 is 1.91 bits per heavy atom. The third-order valence-corrected chi connectivity index (χ3v) is 3.48. The summed E-state index contributed by atoms with van der Waals surface area (Å²) in [5, 5.41) is 12.3. The highest BCUT2D eigenvalue weighted by Crippen LogP contribution is 2.35. The maximum absolute atomic E-state index is 12.9. The zero-order valence-corrected chi connectivity index (χ0v) is 11.8. The van der Waals surface area contributed by atoms with Crippen LogP contribution in [-0.4, -0.2) is 20.0 Å². The number of halogens is 3. The van der Waals surface area contributed by atoms with Crippen molar-refractivity contribution in [2.24, 2.45) is 7.05 Å². The number of hydrogen-bond donors (Lipinski definition) is 1. The number of rotatable bonds is 1. The zero-order valence-electron chi connectivity index (χ0n) is 11.8. The molecule has 0 saturated carbocycles. The third-order valence-electron chi connectivity index (χ3n) is 3.48. The number of aromatic nitrogens is 4. The van der Waals surface area contributed by atoms with Crippen molar-refractivity contribution in [2.45, 2.75) is 13.1 Å². The zero-order chi connectivity index (χ0) is 16.1. The number of aryl methyl sites for hydroxylation is 2. The Kier molecular flexibility index (Phi) is 3.05. The molecule has 8 heteroatoms. The van der Waals surface area contributed by atoms with Crippen LogP contribution in [0.5, 0.6) is 0 Å². The molecule has 0 saturated heterocycles. The lowest BCUT2D eigenvalue weighted by atomic mass is 10.0. The van der Waals surface area contributed by atoms with Gasteiger partial charge in [-0.2, -0.15) is 18.3 Å². The van der Waals surface area contributed by atoms with Gasteiger partial charge in [-0.15, -0.1) is 10.2 Å². The number of alkyl halides is 3. The van der Waals surface area contributed by atoms with Crippen molar-refractivity contribution in [3.8, 4) is 11.3 Å². The lowest BCUT2D eigenvalue weighted by Gasteiger charge is -2.11. The summed E-state index contributed by atoms with van der Waals surface area (Å²) in [5.41, 5.74) is 6.55. The number of fused-ring (bicyclic) bond motifs is 1. The Hall–Kier alpha value is -2.64. The molecule has 0 radical (unpaired) electrons. The minimum Gasteiger partial charge on any atom is -0.382 e. The summed E-state index contributed by atoms with van der Waals surface area (Å²) in [6.07, 6.45) is -2.76. The molecule has 0 aliphatic carbocycles. The quantitative estimate of drug-likeness (QED) is 0.750. The normalized spacial score (nSPS) is 12.0. The molecule has 2 N–H and O–H groups in total. The molecule has 5 nitrogen and oxygen atoms in total. The van der Waals surface area contributed by atoms with Crippen LogP contribution in [0, 0.1) is 6.92 Å². The Morgan fingerprint density at radius 1 is 1.18 bits per heavy atom. The average Bonchev–Trinajstić information content (AvgIpc) is 2.80. The third kappa shape index (κ3) is 2.26. The molecule has 0 amide bonds. The summed E-state index contributed by atoms with van der Waals surface area (Å²) in [6, 6.07) is 4.35. The van der Waals surface area contributed by atoms with E-state index in [9.17, 15) is 13.2 Å². The standard InChI is InChI=1S/C14H12F3N5/c1-7-8(3-4-11-9(7)6-22(2)21-11)12-5-10(14(15,16)17)13(18)20-19-12/h3-6H,1-2H3,(H2,18,20). The van der Waals surface area contributed by atoms with E-state index in [2.05, 4.69) is 15.3 Å². The summed E-state index contributed by atoms with van der Waals surface area (Å²) in [7, 11) is 1.78. The summed E-state index contributed by atoms with van der Waals surface area (Å²) >= 11 is 0. The van der Waals surface area contributed by atoms with Gasteiger partial charge in [-0.25, -0.2) is 0 Å². The van der Waals surface area contributed by atoms with Gasteiger partial charge in [-0.05, 0) is 24.6 Å². The first-order chi connectivity index (χ1) is 10.3. The molecule has 0 fully saturated rings. The van der Waals surface area contributed by atoms with Gasteiger partial charge in [-0.1, -0.05) is 6.07 Å². The maximum atomic E-state index is 12.9. The molecule has 0 aliphatic heterocycles.